The standard InChI is InChI=1S/C21H19N3OS/c1-15-6-5-7-16(14-15)20(25)22-18-10-12-19(13-11-18)24-21(26)23-17-8-3-2-4-9-17/h2-14H,1H3,(H,22,25)(H2,23,24,26). The fourth-order valence-electron chi connectivity index (χ4n) is 2.44. The topological polar surface area (TPSA) is 53.2 Å². The van der Waals surface area contributed by atoms with Gasteiger partial charge in [0.2, 0.25) is 0 Å². The number of rotatable bonds is 4. The molecule has 3 N–H and O–H groups in total. The molecular formula is C21H19N3OS. The Morgan fingerprint density at radius 1 is 0.731 bits per heavy atom. The summed E-state index contributed by atoms with van der Waals surface area (Å²) in [6, 6.07) is 24.6. The zero-order valence-electron chi connectivity index (χ0n) is 14.3. The molecule has 130 valence electrons. The van der Waals surface area contributed by atoms with E-state index in [1.54, 1.807) is 6.07 Å². The molecule has 0 atom stereocenters. The number of amides is 1. The number of para-hydroxylation sites is 1. The molecule has 0 saturated heterocycles. The van der Waals surface area contributed by atoms with E-state index in [1.165, 1.54) is 0 Å². The molecule has 0 aliphatic heterocycles. The molecule has 3 rings (SSSR count). The Kier molecular flexibility index (Phi) is 5.61. The molecule has 0 radical (unpaired) electrons. The maximum absolute atomic E-state index is 12.3. The van der Waals surface area contributed by atoms with Crippen molar-refractivity contribution in [1.82, 2.24) is 0 Å². The number of carbonyl (C=O) groups excluding carboxylic acids is 1. The van der Waals surface area contributed by atoms with Gasteiger partial charge in [-0.3, -0.25) is 4.79 Å². The molecule has 0 unspecified atom stereocenters. The average molecular weight is 361 g/mol. The summed E-state index contributed by atoms with van der Waals surface area (Å²) in [5.41, 5.74) is 4.18. The van der Waals surface area contributed by atoms with Crippen molar-refractivity contribution < 1.29 is 4.79 Å². The van der Waals surface area contributed by atoms with E-state index >= 15 is 0 Å². The smallest absolute Gasteiger partial charge is 0.255 e. The van der Waals surface area contributed by atoms with E-state index in [9.17, 15) is 4.79 Å². The van der Waals surface area contributed by atoms with E-state index in [0.29, 0.717) is 10.7 Å². The Morgan fingerprint density at radius 3 is 1.92 bits per heavy atom. The first-order chi connectivity index (χ1) is 12.6. The number of aryl methyl sites for hydroxylation is 1. The molecule has 0 bridgehead atoms. The lowest BCUT2D eigenvalue weighted by molar-refractivity contribution is 0.102. The highest BCUT2D eigenvalue weighted by Crippen LogP contribution is 2.16. The minimum absolute atomic E-state index is 0.129. The van der Waals surface area contributed by atoms with Gasteiger partial charge in [0.05, 0.1) is 0 Å². The second kappa shape index (κ2) is 8.27. The van der Waals surface area contributed by atoms with Gasteiger partial charge in [-0.25, -0.2) is 0 Å². The SMILES string of the molecule is Cc1cccc(C(=O)Nc2ccc(NC(=S)Nc3ccccc3)cc2)c1. The highest BCUT2D eigenvalue weighted by molar-refractivity contribution is 7.80. The van der Waals surface area contributed by atoms with Gasteiger partial charge in [0, 0.05) is 22.6 Å². The van der Waals surface area contributed by atoms with Crippen LogP contribution in [0.15, 0.2) is 78.9 Å². The molecule has 4 nitrogen and oxygen atoms in total. The van der Waals surface area contributed by atoms with Crippen LogP contribution in [0.25, 0.3) is 0 Å². The molecule has 3 aromatic carbocycles. The highest BCUT2D eigenvalue weighted by Gasteiger charge is 2.06. The average Bonchev–Trinajstić information content (AvgIpc) is 2.64. The maximum atomic E-state index is 12.3. The van der Waals surface area contributed by atoms with Crippen LogP contribution in [-0.4, -0.2) is 11.0 Å². The van der Waals surface area contributed by atoms with Gasteiger partial charge in [-0.1, -0.05) is 35.9 Å². The summed E-state index contributed by atoms with van der Waals surface area (Å²) in [4.78, 5) is 12.3. The normalized spacial score (nSPS) is 10.0. The van der Waals surface area contributed by atoms with Crippen LogP contribution in [0.2, 0.25) is 0 Å². The minimum Gasteiger partial charge on any atom is -0.332 e. The Hall–Kier alpha value is -3.18. The van der Waals surface area contributed by atoms with Crippen molar-refractivity contribution in [1.29, 1.82) is 0 Å². The molecule has 0 fully saturated rings. The summed E-state index contributed by atoms with van der Waals surface area (Å²) < 4.78 is 0. The molecule has 3 aromatic rings. The maximum Gasteiger partial charge on any atom is 0.255 e. The Balaban J connectivity index is 1.58. The number of thiocarbonyl (C=S) groups is 1. The largest absolute Gasteiger partial charge is 0.332 e. The number of benzene rings is 3. The number of nitrogens with one attached hydrogen (secondary N) is 3. The van der Waals surface area contributed by atoms with Crippen molar-refractivity contribution in [3.8, 4) is 0 Å². The Bertz CT molecular complexity index is 908. The second-order valence-electron chi connectivity index (χ2n) is 5.85. The molecule has 0 heterocycles. The number of hydrogen-bond acceptors (Lipinski definition) is 2. The third kappa shape index (κ3) is 4.91. The first kappa shape index (κ1) is 17.6. The van der Waals surface area contributed by atoms with Gasteiger partial charge in [0.15, 0.2) is 5.11 Å². The van der Waals surface area contributed by atoms with Crippen LogP contribution >= 0.6 is 12.2 Å². The van der Waals surface area contributed by atoms with Gasteiger partial charge in [0.1, 0.15) is 0 Å². The lowest BCUT2D eigenvalue weighted by Gasteiger charge is -2.11. The van der Waals surface area contributed by atoms with Crippen LogP contribution in [0, 0.1) is 6.92 Å². The van der Waals surface area contributed by atoms with E-state index in [1.807, 2.05) is 79.7 Å². The van der Waals surface area contributed by atoms with Gasteiger partial charge in [-0.15, -0.1) is 0 Å². The molecular weight excluding hydrogens is 342 g/mol. The zero-order chi connectivity index (χ0) is 18.4. The van der Waals surface area contributed by atoms with Crippen LogP contribution in [-0.2, 0) is 0 Å². The number of anilines is 3. The lowest BCUT2D eigenvalue weighted by Crippen LogP contribution is -2.19. The number of carbonyl (C=O) groups is 1. The molecule has 5 heteroatoms. The fourth-order valence-corrected chi connectivity index (χ4v) is 2.68. The first-order valence-electron chi connectivity index (χ1n) is 8.21. The van der Waals surface area contributed by atoms with Crippen molar-refractivity contribution >= 4 is 40.3 Å². The molecule has 26 heavy (non-hydrogen) atoms. The predicted octanol–water partition coefficient (Wildman–Crippen LogP) is 5.06. The molecule has 0 aliphatic carbocycles. The molecule has 0 saturated carbocycles. The summed E-state index contributed by atoms with van der Waals surface area (Å²) in [5, 5.41) is 9.63. The molecule has 1 amide bonds. The summed E-state index contributed by atoms with van der Waals surface area (Å²) in [5.74, 6) is -0.129. The fraction of sp³-hybridized carbons (Fsp3) is 0.0476. The van der Waals surface area contributed by atoms with Crippen LogP contribution in [0.3, 0.4) is 0 Å². The van der Waals surface area contributed by atoms with Gasteiger partial charge >= 0.3 is 0 Å². The molecule has 0 aromatic heterocycles. The van der Waals surface area contributed by atoms with E-state index in [4.69, 9.17) is 12.2 Å². The number of hydrogen-bond donors (Lipinski definition) is 3. The van der Waals surface area contributed by atoms with Crippen molar-refractivity contribution in [3.63, 3.8) is 0 Å². The van der Waals surface area contributed by atoms with E-state index in [0.717, 1.165) is 22.6 Å². The summed E-state index contributed by atoms with van der Waals surface area (Å²) >= 11 is 5.30. The van der Waals surface area contributed by atoms with E-state index in [2.05, 4.69) is 16.0 Å². The molecule has 0 aliphatic rings. The second-order valence-corrected chi connectivity index (χ2v) is 6.25. The third-order valence-electron chi connectivity index (χ3n) is 3.71. The van der Waals surface area contributed by atoms with Crippen molar-refractivity contribution in [2.45, 2.75) is 6.92 Å². The quantitative estimate of drug-likeness (QED) is 0.569. The van der Waals surface area contributed by atoms with Gasteiger partial charge in [-0.05, 0) is 67.7 Å². The Labute approximate surface area is 158 Å². The monoisotopic (exact) mass is 361 g/mol. The summed E-state index contributed by atoms with van der Waals surface area (Å²) in [6.07, 6.45) is 0. The minimum atomic E-state index is -0.129. The van der Waals surface area contributed by atoms with E-state index in [-0.39, 0.29) is 5.91 Å². The van der Waals surface area contributed by atoms with Crippen molar-refractivity contribution in [3.05, 3.63) is 90.0 Å². The highest BCUT2D eigenvalue weighted by atomic mass is 32.1. The van der Waals surface area contributed by atoms with E-state index < -0.39 is 0 Å². The van der Waals surface area contributed by atoms with Crippen LogP contribution in [0.1, 0.15) is 15.9 Å². The summed E-state index contributed by atoms with van der Waals surface area (Å²) in [6.45, 7) is 1.96. The van der Waals surface area contributed by atoms with Crippen molar-refractivity contribution in [2.24, 2.45) is 0 Å². The summed E-state index contributed by atoms with van der Waals surface area (Å²) in [7, 11) is 0. The van der Waals surface area contributed by atoms with Crippen LogP contribution in [0.5, 0.6) is 0 Å². The Morgan fingerprint density at radius 2 is 1.31 bits per heavy atom. The molecule has 0 spiro atoms. The van der Waals surface area contributed by atoms with Gasteiger partial charge in [0.25, 0.3) is 5.91 Å². The third-order valence-corrected chi connectivity index (χ3v) is 3.92. The van der Waals surface area contributed by atoms with Gasteiger partial charge in [-0.2, -0.15) is 0 Å². The van der Waals surface area contributed by atoms with Crippen molar-refractivity contribution in [2.75, 3.05) is 16.0 Å². The first-order valence-corrected chi connectivity index (χ1v) is 8.62. The zero-order valence-corrected chi connectivity index (χ0v) is 15.1. The predicted molar refractivity (Wildman–Crippen MR) is 112 cm³/mol. The van der Waals surface area contributed by atoms with Crippen LogP contribution < -0.4 is 16.0 Å². The lowest BCUT2D eigenvalue weighted by atomic mass is 10.1. The van der Waals surface area contributed by atoms with Gasteiger partial charge < -0.3 is 16.0 Å². The van der Waals surface area contributed by atoms with Crippen LogP contribution in [0.4, 0.5) is 17.1 Å².